The van der Waals surface area contributed by atoms with Crippen LogP contribution < -0.4 is 10.6 Å². The monoisotopic (exact) mass is 522 g/mol. The zero-order valence-electron chi connectivity index (χ0n) is 15.3. The van der Waals surface area contributed by atoms with E-state index < -0.39 is 0 Å². The van der Waals surface area contributed by atoms with Crippen molar-refractivity contribution >= 4 is 53.1 Å². The fraction of sp³-hybridized carbons (Fsp3) is 0.500. The minimum absolute atomic E-state index is 0. The summed E-state index contributed by atoms with van der Waals surface area (Å²) in [5.41, 5.74) is 1.11. The smallest absolute Gasteiger partial charge is 0.191 e. The second-order valence-electron chi connectivity index (χ2n) is 6.34. The number of nitrogens with zero attached hydrogens (tertiary/aromatic N) is 4. The second-order valence-corrected chi connectivity index (χ2v) is 7.18. The van der Waals surface area contributed by atoms with Crippen molar-refractivity contribution < 1.29 is 0 Å². The Morgan fingerprint density at radius 2 is 2.22 bits per heavy atom. The van der Waals surface area contributed by atoms with Crippen LogP contribution in [0.1, 0.15) is 31.2 Å². The number of rotatable bonds is 6. The average molecular weight is 523 g/mol. The van der Waals surface area contributed by atoms with E-state index in [1.54, 1.807) is 12.4 Å². The molecule has 0 aliphatic carbocycles. The highest BCUT2D eigenvalue weighted by Crippen LogP contribution is 2.22. The van der Waals surface area contributed by atoms with Crippen molar-refractivity contribution in [2.24, 2.45) is 4.99 Å². The van der Waals surface area contributed by atoms with Crippen molar-refractivity contribution in [3.63, 3.8) is 0 Å². The number of guanidine groups is 1. The Bertz CT molecular complexity index is 764. The molecule has 1 aromatic heterocycles. The molecule has 1 atom stereocenters. The second kappa shape index (κ2) is 11.1. The molecule has 9 heteroatoms. The summed E-state index contributed by atoms with van der Waals surface area (Å²) in [6.45, 7) is 4.45. The number of aromatic nitrogens is 3. The summed E-state index contributed by atoms with van der Waals surface area (Å²) in [6, 6.07) is 5.96. The molecular formula is C18H25Cl2IN6. The van der Waals surface area contributed by atoms with Crippen LogP contribution in [0, 0.1) is 0 Å². The summed E-state index contributed by atoms with van der Waals surface area (Å²) in [7, 11) is 0. The first-order valence-corrected chi connectivity index (χ1v) is 9.76. The highest BCUT2D eigenvalue weighted by Gasteiger charge is 2.20. The number of aryl methyl sites for hydroxylation is 2. The van der Waals surface area contributed by atoms with Crippen LogP contribution in [0.2, 0.25) is 10.0 Å². The van der Waals surface area contributed by atoms with Crippen molar-refractivity contribution in [3.8, 4) is 0 Å². The van der Waals surface area contributed by atoms with Gasteiger partial charge in [0.15, 0.2) is 5.96 Å². The molecular weight excluding hydrogens is 498 g/mol. The summed E-state index contributed by atoms with van der Waals surface area (Å²) < 4.78 is 1.97. The number of fused-ring (bicyclic) bond motifs is 1. The summed E-state index contributed by atoms with van der Waals surface area (Å²) in [5, 5.41) is 12.5. The molecule has 1 aliphatic rings. The van der Waals surface area contributed by atoms with Gasteiger partial charge in [0, 0.05) is 35.6 Å². The van der Waals surface area contributed by atoms with Crippen LogP contribution in [0.15, 0.2) is 29.5 Å². The molecule has 0 amide bonds. The third-order valence-electron chi connectivity index (χ3n) is 4.38. The number of halogens is 3. The lowest BCUT2D eigenvalue weighted by molar-refractivity contribution is 0.392. The van der Waals surface area contributed by atoms with Crippen LogP contribution in [-0.4, -0.2) is 39.9 Å². The van der Waals surface area contributed by atoms with Gasteiger partial charge in [-0.3, -0.25) is 4.99 Å². The number of aliphatic imine (C=N–C) groups is 1. The highest BCUT2D eigenvalue weighted by atomic mass is 127. The van der Waals surface area contributed by atoms with Gasteiger partial charge < -0.3 is 10.6 Å². The molecule has 2 aromatic rings. The molecule has 27 heavy (non-hydrogen) atoms. The summed E-state index contributed by atoms with van der Waals surface area (Å²) in [5.74, 6) is 1.91. The molecule has 1 aromatic carbocycles. The summed E-state index contributed by atoms with van der Waals surface area (Å²) in [6.07, 6.45) is 5.40. The summed E-state index contributed by atoms with van der Waals surface area (Å²) >= 11 is 12.2. The Hall–Kier alpha value is -1.06. The fourth-order valence-electron chi connectivity index (χ4n) is 3.05. The van der Waals surface area contributed by atoms with Crippen molar-refractivity contribution in [1.29, 1.82) is 0 Å². The average Bonchev–Trinajstić information content (AvgIpc) is 3.08. The zero-order valence-corrected chi connectivity index (χ0v) is 19.1. The van der Waals surface area contributed by atoms with Gasteiger partial charge in [0.1, 0.15) is 12.2 Å². The third-order valence-corrected chi connectivity index (χ3v) is 4.97. The van der Waals surface area contributed by atoms with Crippen LogP contribution in [-0.2, 0) is 19.4 Å². The Balaban J connectivity index is 0.00000261. The number of nitrogens with one attached hydrogen (secondary N) is 2. The highest BCUT2D eigenvalue weighted by molar-refractivity contribution is 14.0. The lowest BCUT2D eigenvalue weighted by Gasteiger charge is -2.25. The topological polar surface area (TPSA) is 67.1 Å². The van der Waals surface area contributed by atoms with Gasteiger partial charge >= 0.3 is 0 Å². The Morgan fingerprint density at radius 3 is 3.00 bits per heavy atom. The molecule has 0 saturated heterocycles. The first-order chi connectivity index (χ1) is 12.7. The number of hydrogen-bond donors (Lipinski definition) is 2. The van der Waals surface area contributed by atoms with E-state index in [-0.39, 0.29) is 24.0 Å². The van der Waals surface area contributed by atoms with E-state index in [0.29, 0.717) is 11.1 Å². The number of hydrogen-bond acceptors (Lipinski definition) is 3. The Kier molecular flexibility index (Phi) is 9.11. The first-order valence-electron chi connectivity index (χ1n) is 9.01. The normalized spacial score (nSPS) is 16.4. The maximum Gasteiger partial charge on any atom is 0.191 e. The number of benzene rings is 1. The first kappa shape index (κ1) is 22.2. The molecule has 1 aliphatic heterocycles. The van der Waals surface area contributed by atoms with Gasteiger partial charge in [0.2, 0.25) is 0 Å². The molecule has 0 fully saturated rings. The molecule has 2 N–H and O–H groups in total. The SMILES string of the molecule is CCNC(=NCCCc1ccc(Cl)cc1Cl)NC1CCc2ncnn2C1.I. The van der Waals surface area contributed by atoms with E-state index in [1.807, 2.05) is 16.8 Å². The predicted octanol–water partition coefficient (Wildman–Crippen LogP) is 3.71. The van der Waals surface area contributed by atoms with Gasteiger partial charge in [-0.1, -0.05) is 29.3 Å². The van der Waals surface area contributed by atoms with Crippen LogP contribution in [0.3, 0.4) is 0 Å². The van der Waals surface area contributed by atoms with Crippen molar-refractivity contribution in [2.75, 3.05) is 13.1 Å². The molecule has 0 bridgehead atoms. The molecule has 0 saturated carbocycles. The molecule has 2 heterocycles. The molecule has 6 nitrogen and oxygen atoms in total. The third kappa shape index (κ3) is 6.50. The quantitative estimate of drug-likeness (QED) is 0.263. The van der Waals surface area contributed by atoms with Crippen molar-refractivity contribution in [2.45, 2.75) is 45.2 Å². The molecule has 0 radical (unpaired) electrons. The van der Waals surface area contributed by atoms with Crippen LogP contribution >= 0.6 is 47.2 Å². The maximum absolute atomic E-state index is 6.22. The van der Waals surface area contributed by atoms with Gasteiger partial charge in [-0.25, -0.2) is 9.67 Å². The van der Waals surface area contributed by atoms with Crippen LogP contribution in [0.4, 0.5) is 0 Å². The lowest BCUT2D eigenvalue weighted by atomic mass is 10.1. The standard InChI is InChI=1S/C18H24Cl2N6.HI/c1-2-21-18(25-15-7-8-17-23-12-24-26(17)11-15)22-9-3-4-13-5-6-14(19)10-16(13)20;/h5-6,10,12,15H,2-4,7-9,11H2,1H3,(H2,21,22,25);1H. The minimum Gasteiger partial charge on any atom is -0.357 e. The van der Waals surface area contributed by atoms with Crippen LogP contribution in [0.5, 0.6) is 0 Å². The predicted molar refractivity (Wildman–Crippen MR) is 121 cm³/mol. The van der Waals surface area contributed by atoms with Gasteiger partial charge in [-0.05, 0) is 43.9 Å². The van der Waals surface area contributed by atoms with Gasteiger partial charge in [-0.15, -0.1) is 24.0 Å². The van der Waals surface area contributed by atoms with Crippen LogP contribution in [0.25, 0.3) is 0 Å². The van der Waals surface area contributed by atoms with Crippen molar-refractivity contribution in [3.05, 3.63) is 46.0 Å². The van der Waals surface area contributed by atoms with E-state index in [9.17, 15) is 0 Å². The van der Waals surface area contributed by atoms with E-state index in [0.717, 1.165) is 67.7 Å². The molecule has 148 valence electrons. The lowest BCUT2D eigenvalue weighted by Crippen LogP contribution is -2.47. The fourth-order valence-corrected chi connectivity index (χ4v) is 3.56. The van der Waals surface area contributed by atoms with Gasteiger partial charge in [0.05, 0.1) is 6.54 Å². The summed E-state index contributed by atoms with van der Waals surface area (Å²) in [4.78, 5) is 8.96. The molecule has 1 unspecified atom stereocenters. The van der Waals surface area contributed by atoms with E-state index >= 15 is 0 Å². The minimum atomic E-state index is 0. The van der Waals surface area contributed by atoms with E-state index in [4.69, 9.17) is 28.2 Å². The van der Waals surface area contributed by atoms with E-state index in [2.05, 4.69) is 27.6 Å². The molecule has 0 spiro atoms. The Labute approximate surface area is 187 Å². The van der Waals surface area contributed by atoms with Gasteiger partial charge in [-0.2, -0.15) is 5.10 Å². The van der Waals surface area contributed by atoms with Crippen molar-refractivity contribution in [1.82, 2.24) is 25.4 Å². The van der Waals surface area contributed by atoms with Gasteiger partial charge in [0.25, 0.3) is 0 Å². The molecule has 3 rings (SSSR count). The maximum atomic E-state index is 6.22. The largest absolute Gasteiger partial charge is 0.357 e. The Morgan fingerprint density at radius 1 is 1.37 bits per heavy atom. The zero-order chi connectivity index (χ0) is 18.4. The van der Waals surface area contributed by atoms with E-state index in [1.165, 1.54) is 0 Å².